The van der Waals surface area contributed by atoms with Gasteiger partial charge in [0.1, 0.15) is 17.0 Å². The van der Waals surface area contributed by atoms with Crippen molar-refractivity contribution in [1.29, 1.82) is 0 Å². The highest BCUT2D eigenvalue weighted by atomic mass is 19.3. The van der Waals surface area contributed by atoms with Crippen molar-refractivity contribution in [1.82, 2.24) is 14.7 Å². The Morgan fingerprint density at radius 3 is 2.66 bits per heavy atom. The molecule has 2 N–H and O–H groups in total. The lowest BCUT2D eigenvalue weighted by Gasteiger charge is -2.28. The number of nitrogens with zero attached hydrogens (tertiary/aromatic N) is 3. The number of hydrogen-bond acceptors (Lipinski definition) is 6. The molecule has 154 valence electrons. The number of hydrogen-bond donors (Lipinski definition) is 2. The van der Waals surface area contributed by atoms with Gasteiger partial charge in [-0.15, -0.1) is 0 Å². The summed E-state index contributed by atoms with van der Waals surface area (Å²) in [5.74, 6) is -1.59. The molecule has 0 spiro atoms. The fourth-order valence-corrected chi connectivity index (χ4v) is 4.08. The van der Waals surface area contributed by atoms with Crippen LogP contribution in [0.2, 0.25) is 0 Å². The van der Waals surface area contributed by atoms with Gasteiger partial charge in [0.2, 0.25) is 5.92 Å². The highest BCUT2D eigenvalue weighted by molar-refractivity contribution is 6.34. The van der Waals surface area contributed by atoms with Crippen LogP contribution in [0.4, 0.5) is 8.78 Å². The lowest BCUT2D eigenvalue weighted by molar-refractivity contribution is -0.0472. The standard InChI is InChI=1S/C19H22BF2N3O4/c1-11-17(12(2)29-24-11)14-7-15-18(23-8-14)16(28-20(26)27)10-25(15)9-13-3-5-19(21,22)6-4-13/h7-8,10,13,26-27H,3-6,9H2,1-2H3. The van der Waals surface area contributed by atoms with Crippen LogP contribution in [0.5, 0.6) is 5.75 Å². The van der Waals surface area contributed by atoms with E-state index in [0.29, 0.717) is 30.7 Å². The van der Waals surface area contributed by atoms with Gasteiger partial charge in [0.25, 0.3) is 0 Å². The van der Waals surface area contributed by atoms with Crippen LogP contribution in [0.3, 0.4) is 0 Å². The third-order valence-electron chi connectivity index (χ3n) is 5.53. The van der Waals surface area contributed by atoms with Crippen molar-refractivity contribution >= 4 is 18.4 Å². The van der Waals surface area contributed by atoms with Crippen LogP contribution in [-0.2, 0) is 6.54 Å². The first-order valence-corrected chi connectivity index (χ1v) is 9.56. The molecule has 7 nitrogen and oxygen atoms in total. The minimum absolute atomic E-state index is 0.0971. The van der Waals surface area contributed by atoms with E-state index in [9.17, 15) is 18.8 Å². The Balaban J connectivity index is 1.72. The summed E-state index contributed by atoms with van der Waals surface area (Å²) in [5, 5.41) is 22.4. The molecule has 3 aromatic heterocycles. The third kappa shape index (κ3) is 3.99. The second kappa shape index (κ2) is 7.42. The van der Waals surface area contributed by atoms with Crippen LogP contribution in [0.15, 0.2) is 23.0 Å². The van der Waals surface area contributed by atoms with Crippen LogP contribution in [-0.4, -0.2) is 38.0 Å². The summed E-state index contributed by atoms with van der Waals surface area (Å²) in [4.78, 5) is 4.45. The zero-order valence-electron chi connectivity index (χ0n) is 16.2. The second-order valence-electron chi connectivity index (χ2n) is 7.68. The quantitative estimate of drug-likeness (QED) is 0.632. The number of rotatable bonds is 5. The van der Waals surface area contributed by atoms with E-state index in [1.54, 1.807) is 12.4 Å². The third-order valence-corrected chi connectivity index (χ3v) is 5.53. The summed E-state index contributed by atoms with van der Waals surface area (Å²) in [6.45, 7) is 4.18. The van der Waals surface area contributed by atoms with Crippen LogP contribution >= 0.6 is 0 Å². The van der Waals surface area contributed by atoms with E-state index >= 15 is 0 Å². The van der Waals surface area contributed by atoms with Gasteiger partial charge in [-0.25, -0.2) is 8.78 Å². The van der Waals surface area contributed by atoms with Gasteiger partial charge in [0.05, 0.1) is 11.2 Å². The molecule has 1 aliphatic rings. The zero-order valence-corrected chi connectivity index (χ0v) is 16.2. The van der Waals surface area contributed by atoms with Crippen molar-refractivity contribution in [3.8, 4) is 16.9 Å². The van der Waals surface area contributed by atoms with E-state index < -0.39 is 13.2 Å². The summed E-state index contributed by atoms with van der Waals surface area (Å²) in [6, 6.07) is 1.91. The van der Waals surface area contributed by atoms with Gasteiger partial charge >= 0.3 is 7.32 Å². The summed E-state index contributed by atoms with van der Waals surface area (Å²) >= 11 is 0. The first kappa shape index (κ1) is 19.8. The molecule has 0 aliphatic heterocycles. The average molecular weight is 405 g/mol. The fraction of sp³-hybridized carbons (Fsp3) is 0.474. The zero-order chi connectivity index (χ0) is 20.8. The van der Waals surface area contributed by atoms with Gasteiger partial charge in [0, 0.05) is 42.9 Å². The van der Waals surface area contributed by atoms with Gasteiger partial charge in [-0.1, -0.05) is 5.16 Å². The Kier molecular flexibility index (Phi) is 5.08. The Bertz CT molecular complexity index is 1000. The average Bonchev–Trinajstić information content (AvgIpc) is 3.16. The van der Waals surface area contributed by atoms with Crippen molar-refractivity contribution in [2.24, 2.45) is 5.92 Å². The minimum Gasteiger partial charge on any atom is -0.509 e. The van der Waals surface area contributed by atoms with E-state index in [1.165, 1.54) is 0 Å². The first-order chi connectivity index (χ1) is 13.7. The fourth-order valence-electron chi connectivity index (χ4n) is 4.08. The minimum atomic E-state index is -2.58. The summed E-state index contributed by atoms with van der Waals surface area (Å²) in [7, 11) is -1.98. The largest absolute Gasteiger partial charge is 0.707 e. The molecule has 0 unspecified atom stereocenters. The maximum absolute atomic E-state index is 13.5. The van der Waals surface area contributed by atoms with Crippen molar-refractivity contribution < 1.29 is 28.0 Å². The van der Waals surface area contributed by atoms with Gasteiger partial charge in [-0.2, -0.15) is 0 Å². The lowest BCUT2D eigenvalue weighted by atomic mass is 9.87. The highest BCUT2D eigenvalue weighted by Crippen LogP contribution is 2.38. The monoisotopic (exact) mass is 405 g/mol. The number of fused-ring (bicyclic) bond motifs is 1. The maximum atomic E-state index is 13.5. The van der Waals surface area contributed by atoms with E-state index in [0.717, 1.165) is 22.3 Å². The molecule has 10 heteroatoms. The van der Waals surface area contributed by atoms with Crippen LogP contribution in [0.25, 0.3) is 22.2 Å². The van der Waals surface area contributed by atoms with Crippen LogP contribution in [0.1, 0.15) is 37.1 Å². The SMILES string of the molecule is Cc1noc(C)c1-c1cnc2c(OB(O)O)cn(CC3CCC(F)(F)CC3)c2c1. The van der Waals surface area contributed by atoms with Crippen LogP contribution < -0.4 is 4.65 Å². The highest BCUT2D eigenvalue weighted by Gasteiger charge is 2.35. The molecule has 1 saturated carbocycles. The molecule has 0 aromatic carbocycles. The summed E-state index contributed by atoms with van der Waals surface area (Å²) < 4.78 is 39.2. The van der Waals surface area contributed by atoms with E-state index in [1.807, 2.05) is 24.5 Å². The smallest absolute Gasteiger partial charge is 0.509 e. The Labute approximate surface area is 166 Å². The van der Waals surface area contributed by atoms with Gasteiger partial charge in [-0.05, 0) is 38.7 Å². The molecule has 29 heavy (non-hydrogen) atoms. The van der Waals surface area contributed by atoms with Gasteiger partial charge < -0.3 is 23.8 Å². The Hall–Kier alpha value is -2.46. The Morgan fingerprint density at radius 2 is 2.03 bits per heavy atom. The maximum Gasteiger partial charge on any atom is 0.707 e. The van der Waals surface area contributed by atoms with Crippen molar-refractivity contribution in [2.75, 3.05) is 0 Å². The van der Waals surface area contributed by atoms with E-state index in [-0.39, 0.29) is 24.5 Å². The molecule has 3 aromatic rings. The number of aromatic nitrogens is 3. The van der Waals surface area contributed by atoms with Crippen LogP contribution in [0, 0.1) is 19.8 Å². The number of pyridine rings is 1. The second-order valence-corrected chi connectivity index (χ2v) is 7.68. The summed E-state index contributed by atoms with van der Waals surface area (Å²) in [5.41, 5.74) is 3.57. The molecule has 0 radical (unpaired) electrons. The van der Waals surface area contributed by atoms with E-state index in [2.05, 4.69) is 10.1 Å². The number of halogens is 2. The van der Waals surface area contributed by atoms with Crippen molar-refractivity contribution in [2.45, 2.75) is 52.0 Å². The Morgan fingerprint density at radius 1 is 1.31 bits per heavy atom. The molecular weight excluding hydrogens is 383 g/mol. The molecule has 0 bridgehead atoms. The predicted octanol–water partition coefficient (Wildman–Crippen LogP) is 3.48. The normalized spacial score (nSPS) is 17.0. The number of aryl methyl sites for hydroxylation is 2. The molecular formula is C19H22BF2N3O4. The molecule has 1 aliphatic carbocycles. The summed E-state index contributed by atoms with van der Waals surface area (Å²) in [6.07, 6.45) is 3.93. The first-order valence-electron chi connectivity index (χ1n) is 9.56. The van der Waals surface area contributed by atoms with Crippen molar-refractivity contribution in [3.63, 3.8) is 0 Å². The lowest BCUT2D eigenvalue weighted by Crippen LogP contribution is -2.26. The van der Waals surface area contributed by atoms with Gasteiger partial charge in [-0.3, -0.25) is 4.98 Å². The molecule has 0 amide bonds. The molecule has 4 rings (SSSR count). The van der Waals surface area contributed by atoms with E-state index in [4.69, 9.17) is 9.18 Å². The molecule has 0 saturated heterocycles. The molecule has 1 fully saturated rings. The molecule has 3 heterocycles. The van der Waals surface area contributed by atoms with Crippen molar-refractivity contribution in [3.05, 3.63) is 29.9 Å². The topological polar surface area (TPSA) is 93.5 Å². The van der Waals surface area contributed by atoms with Gasteiger partial charge in [0.15, 0.2) is 0 Å². The predicted molar refractivity (Wildman–Crippen MR) is 102 cm³/mol. The molecule has 0 atom stereocenters. The number of alkyl halides is 2.